The first-order chi connectivity index (χ1) is 7.38. The minimum absolute atomic E-state index is 0.731. The Morgan fingerprint density at radius 3 is 2.80 bits per heavy atom. The highest BCUT2D eigenvalue weighted by Crippen LogP contribution is 2.30. The van der Waals surface area contributed by atoms with Gasteiger partial charge in [-0.3, -0.25) is 0 Å². The van der Waals surface area contributed by atoms with E-state index in [1.165, 1.54) is 0 Å². The second kappa shape index (κ2) is 3.02. The molecule has 2 heteroatoms. The van der Waals surface area contributed by atoms with E-state index in [1.54, 1.807) is 7.11 Å². The lowest BCUT2D eigenvalue weighted by Gasteiger charge is -1.96. The van der Waals surface area contributed by atoms with Gasteiger partial charge in [0.2, 0.25) is 0 Å². The maximum absolute atomic E-state index is 5.67. The lowest BCUT2D eigenvalue weighted by molar-refractivity contribution is 0.414. The number of hydrogen-bond acceptors (Lipinski definition) is 2. The van der Waals surface area contributed by atoms with E-state index in [1.807, 2.05) is 36.4 Å². The number of hydrogen-bond donors (Lipinski definition) is 0. The summed E-state index contributed by atoms with van der Waals surface area (Å²) >= 11 is 0. The standard InChI is InChI=1S/C13H9O2/c1-14-9-6-7-13-11(8-9)10-4-2-3-5-12(10)15-13/h2-7H,1H3. The van der Waals surface area contributed by atoms with E-state index in [-0.39, 0.29) is 0 Å². The zero-order valence-electron chi connectivity index (χ0n) is 8.28. The molecule has 0 aliphatic heterocycles. The van der Waals surface area contributed by atoms with Crippen LogP contribution in [0.1, 0.15) is 0 Å². The number of rotatable bonds is 1. The maximum atomic E-state index is 5.67. The fraction of sp³-hybridized carbons (Fsp3) is 0.0769. The third-order valence-corrected chi connectivity index (χ3v) is 2.48. The van der Waals surface area contributed by atoms with Gasteiger partial charge in [0.15, 0.2) is 0 Å². The van der Waals surface area contributed by atoms with Gasteiger partial charge in [0.1, 0.15) is 16.9 Å². The first-order valence-electron chi connectivity index (χ1n) is 4.76. The van der Waals surface area contributed by atoms with Crippen LogP contribution in [0.4, 0.5) is 0 Å². The second-order valence-electron chi connectivity index (χ2n) is 3.36. The van der Waals surface area contributed by atoms with Crippen LogP contribution in [-0.2, 0) is 0 Å². The van der Waals surface area contributed by atoms with Crippen molar-refractivity contribution in [1.29, 1.82) is 0 Å². The molecule has 0 aliphatic carbocycles. The summed E-state index contributed by atoms with van der Waals surface area (Å²) < 4.78 is 10.8. The molecule has 0 atom stereocenters. The van der Waals surface area contributed by atoms with Gasteiger partial charge >= 0.3 is 0 Å². The second-order valence-corrected chi connectivity index (χ2v) is 3.36. The minimum Gasteiger partial charge on any atom is -0.496 e. The van der Waals surface area contributed by atoms with Crippen LogP contribution in [0.2, 0.25) is 0 Å². The summed E-state index contributed by atoms with van der Waals surface area (Å²) in [6.07, 6.45) is 0. The van der Waals surface area contributed by atoms with Gasteiger partial charge in [-0.05, 0) is 18.2 Å². The molecular formula is C13H9O2. The van der Waals surface area contributed by atoms with Crippen molar-refractivity contribution < 1.29 is 9.15 Å². The predicted octanol–water partition coefficient (Wildman–Crippen LogP) is 3.39. The van der Waals surface area contributed by atoms with Gasteiger partial charge in [-0.1, -0.05) is 18.2 Å². The summed E-state index contributed by atoms with van der Waals surface area (Å²) in [7, 11) is 1.64. The van der Waals surface area contributed by atoms with Crippen molar-refractivity contribution in [2.45, 2.75) is 0 Å². The van der Waals surface area contributed by atoms with Crippen molar-refractivity contribution in [3.8, 4) is 5.75 Å². The monoisotopic (exact) mass is 197 g/mol. The molecule has 0 aliphatic rings. The summed E-state index contributed by atoms with van der Waals surface area (Å²) in [5.74, 6) is 0.731. The topological polar surface area (TPSA) is 22.4 Å². The van der Waals surface area contributed by atoms with Crippen LogP contribution in [0.3, 0.4) is 0 Å². The first kappa shape index (κ1) is 8.36. The molecule has 2 aromatic carbocycles. The van der Waals surface area contributed by atoms with Crippen LogP contribution in [-0.4, -0.2) is 7.11 Å². The Morgan fingerprint density at radius 1 is 1.07 bits per heavy atom. The first-order valence-corrected chi connectivity index (χ1v) is 4.76. The van der Waals surface area contributed by atoms with E-state index < -0.39 is 0 Å². The molecule has 0 saturated heterocycles. The molecule has 0 fully saturated rings. The summed E-state index contributed by atoms with van der Waals surface area (Å²) in [5.41, 5.74) is 1.73. The van der Waals surface area contributed by atoms with Crippen LogP contribution in [0.25, 0.3) is 21.9 Å². The van der Waals surface area contributed by atoms with Gasteiger partial charge in [-0.2, -0.15) is 0 Å². The summed E-state index contributed by atoms with van der Waals surface area (Å²) in [5, 5.41) is 2.05. The molecule has 0 saturated carbocycles. The zero-order valence-corrected chi connectivity index (χ0v) is 8.28. The largest absolute Gasteiger partial charge is 0.496 e. The van der Waals surface area contributed by atoms with E-state index in [9.17, 15) is 0 Å². The number of para-hydroxylation sites is 1. The third kappa shape index (κ3) is 1.18. The Labute approximate surface area is 87.1 Å². The van der Waals surface area contributed by atoms with Crippen LogP contribution in [0.5, 0.6) is 5.75 Å². The quantitative estimate of drug-likeness (QED) is 0.596. The Morgan fingerprint density at radius 2 is 1.93 bits per heavy atom. The maximum Gasteiger partial charge on any atom is 0.136 e. The lowest BCUT2D eigenvalue weighted by atomic mass is 10.1. The number of benzene rings is 2. The van der Waals surface area contributed by atoms with Crippen molar-refractivity contribution in [3.05, 3.63) is 42.5 Å². The molecule has 0 unspecified atom stereocenters. The highest BCUT2D eigenvalue weighted by Gasteiger charge is 2.06. The molecule has 3 aromatic rings. The fourth-order valence-corrected chi connectivity index (χ4v) is 1.75. The van der Waals surface area contributed by atoms with Gasteiger partial charge in [-0.25, -0.2) is 0 Å². The normalized spacial score (nSPS) is 11.0. The molecule has 73 valence electrons. The molecular weight excluding hydrogens is 188 g/mol. The molecule has 2 nitrogen and oxygen atoms in total. The van der Waals surface area contributed by atoms with Crippen LogP contribution >= 0.6 is 0 Å². The van der Waals surface area contributed by atoms with Gasteiger partial charge in [0, 0.05) is 16.8 Å². The summed E-state index contributed by atoms with van der Waals surface area (Å²) in [4.78, 5) is 0. The van der Waals surface area contributed by atoms with Crippen LogP contribution in [0.15, 0.2) is 40.8 Å². The molecule has 0 N–H and O–H groups in total. The Kier molecular flexibility index (Phi) is 1.68. The molecule has 0 bridgehead atoms. The van der Waals surface area contributed by atoms with E-state index in [0.717, 1.165) is 27.7 Å². The van der Waals surface area contributed by atoms with Gasteiger partial charge < -0.3 is 9.15 Å². The average Bonchev–Trinajstić information content (AvgIpc) is 2.66. The molecule has 1 radical (unpaired) electrons. The lowest BCUT2D eigenvalue weighted by Crippen LogP contribution is -1.80. The van der Waals surface area contributed by atoms with E-state index in [0.29, 0.717) is 0 Å². The van der Waals surface area contributed by atoms with Crippen molar-refractivity contribution in [1.82, 2.24) is 0 Å². The van der Waals surface area contributed by atoms with Crippen molar-refractivity contribution >= 4 is 21.9 Å². The van der Waals surface area contributed by atoms with Gasteiger partial charge in [0.05, 0.1) is 7.11 Å². The van der Waals surface area contributed by atoms with Crippen LogP contribution < -0.4 is 4.74 Å². The smallest absolute Gasteiger partial charge is 0.136 e. The number of methoxy groups -OCH3 is 1. The van der Waals surface area contributed by atoms with E-state index in [2.05, 4.69) is 6.07 Å². The van der Waals surface area contributed by atoms with Gasteiger partial charge in [-0.15, -0.1) is 0 Å². The molecule has 0 amide bonds. The summed E-state index contributed by atoms with van der Waals surface area (Å²) in [6.45, 7) is 0. The molecule has 3 rings (SSSR count). The number of fused-ring (bicyclic) bond motifs is 3. The van der Waals surface area contributed by atoms with Crippen molar-refractivity contribution in [2.75, 3.05) is 7.11 Å². The highest BCUT2D eigenvalue weighted by atomic mass is 16.5. The fourth-order valence-electron chi connectivity index (χ4n) is 1.75. The van der Waals surface area contributed by atoms with Crippen LogP contribution in [0, 0.1) is 6.07 Å². The molecule has 15 heavy (non-hydrogen) atoms. The highest BCUT2D eigenvalue weighted by molar-refractivity contribution is 6.04. The zero-order chi connectivity index (χ0) is 10.3. The van der Waals surface area contributed by atoms with E-state index in [4.69, 9.17) is 9.15 Å². The molecule has 0 spiro atoms. The summed E-state index contributed by atoms with van der Waals surface area (Å²) in [6, 6.07) is 14.9. The Balaban J connectivity index is 2.46. The Bertz CT molecular complexity index is 623. The predicted molar refractivity (Wildman–Crippen MR) is 59.1 cm³/mol. The number of furan rings is 1. The number of ether oxygens (including phenoxy) is 1. The van der Waals surface area contributed by atoms with E-state index >= 15 is 0 Å². The van der Waals surface area contributed by atoms with Gasteiger partial charge in [0.25, 0.3) is 0 Å². The minimum atomic E-state index is 0.731. The molecule has 1 heterocycles. The average molecular weight is 197 g/mol. The SMILES string of the molecule is COc1[c]c2c(cc1)oc1ccccc12. The Hall–Kier alpha value is -1.96. The van der Waals surface area contributed by atoms with Crippen molar-refractivity contribution in [3.63, 3.8) is 0 Å². The third-order valence-electron chi connectivity index (χ3n) is 2.48. The molecule has 1 aromatic heterocycles. The van der Waals surface area contributed by atoms with Crippen molar-refractivity contribution in [2.24, 2.45) is 0 Å².